The summed E-state index contributed by atoms with van der Waals surface area (Å²) in [6, 6.07) is 3.31. The Labute approximate surface area is 114 Å². The van der Waals surface area contributed by atoms with Crippen molar-refractivity contribution in [2.75, 3.05) is 18.8 Å². The van der Waals surface area contributed by atoms with Gasteiger partial charge in [0.2, 0.25) is 0 Å². The van der Waals surface area contributed by atoms with Crippen LogP contribution in [0.5, 0.6) is 0 Å². The third-order valence-electron chi connectivity index (χ3n) is 2.63. The number of hydrogen-bond acceptors (Lipinski definition) is 4. The fraction of sp³-hybridized carbons (Fsp3) is 0.600. The summed E-state index contributed by atoms with van der Waals surface area (Å²) in [7, 11) is -1.06. The summed E-state index contributed by atoms with van der Waals surface area (Å²) >= 11 is 5.63. The standard InChI is InChI=1S/C10H14ClN3OS.ClH/c11-9-3-4-10(14-13-9)16(15)7-8-2-1-5-12-6-8;/h3-4,8,12H,1-2,5-7H2;1H. The maximum absolute atomic E-state index is 12.0. The summed E-state index contributed by atoms with van der Waals surface area (Å²) < 4.78 is 12.0. The molecule has 0 bridgehead atoms. The average Bonchev–Trinajstić information content (AvgIpc) is 2.31. The lowest BCUT2D eigenvalue weighted by atomic mass is 10.0. The largest absolute Gasteiger partial charge is 0.316 e. The minimum absolute atomic E-state index is 0. The van der Waals surface area contributed by atoms with E-state index in [2.05, 4.69) is 15.5 Å². The Bertz CT molecular complexity index is 368. The van der Waals surface area contributed by atoms with Crippen LogP contribution in [0.25, 0.3) is 0 Å². The van der Waals surface area contributed by atoms with Crippen molar-refractivity contribution in [1.82, 2.24) is 15.5 Å². The van der Waals surface area contributed by atoms with Crippen LogP contribution in [0.3, 0.4) is 0 Å². The summed E-state index contributed by atoms with van der Waals surface area (Å²) in [6.45, 7) is 2.02. The van der Waals surface area contributed by atoms with Crippen LogP contribution < -0.4 is 5.32 Å². The van der Waals surface area contributed by atoms with Gasteiger partial charge in [-0.05, 0) is 44.0 Å². The zero-order valence-corrected chi connectivity index (χ0v) is 11.7. The van der Waals surface area contributed by atoms with Gasteiger partial charge in [0.1, 0.15) is 5.03 Å². The Morgan fingerprint density at radius 2 is 2.29 bits per heavy atom. The van der Waals surface area contributed by atoms with E-state index in [-0.39, 0.29) is 12.4 Å². The molecule has 7 heteroatoms. The number of rotatable bonds is 3. The highest BCUT2D eigenvalue weighted by Crippen LogP contribution is 2.14. The molecule has 0 spiro atoms. The smallest absolute Gasteiger partial charge is 0.151 e. The molecule has 1 aliphatic heterocycles. The first-order valence-electron chi connectivity index (χ1n) is 5.34. The van der Waals surface area contributed by atoms with Crippen molar-refractivity contribution in [2.24, 2.45) is 5.92 Å². The lowest BCUT2D eigenvalue weighted by molar-refractivity contribution is 0.407. The molecule has 2 atom stereocenters. The predicted molar refractivity (Wildman–Crippen MR) is 71.2 cm³/mol. The highest BCUT2D eigenvalue weighted by Gasteiger charge is 2.17. The van der Waals surface area contributed by atoms with Crippen LogP contribution in [0.15, 0.2) is 17.2 Å². The second-order valence-corrected chi connectivity index (χ2v) is 5.75. The van der Waals surface area contributed by atoms with Crippen molar-refractivity contribution in [3.8, 4) is 0 Å². The summed E-state index contributed by atoms with van der Waals surface area (Å²) in [5, 5.41) is 11.7. The molecule has 96 valence electrons. The van der Waals surface area contributed by atoms with Gasteiger partial charge in [-0.1, -0.05) is 11.6 Å². The zero-order valence-electron chi connectivity index (χ0n) is 9.26. The van der Waals surface area contributed by atoms with Gasteiger partial charge in [0, 0.05) is 5.75 Å². The molecule has 17 heavy (non-hydrogen) atoms. The number of piperidine rings is 1. The van der Waals surface area contributed by atoms with Crippen molar-refractivity contribution in [1.29, 1.82) is 0 Å². The minimum Gasteiger partial charge on any atom is -0.316 e. The first-order chi connectivity index (χ1) is 7.75. The van der Waals surface area contributed by atoms with Crippen LogP contribution in [0.4, 0.5) is 0 Å². The molecule has 1 N–H and O–H groups in total. The predicted octanol–water partition coefficient (Wildman–Crippen LogP) is 1.66. The summed E-state index contributed by atoms with van der Waals surface area (Å²) in [5.41, 5.74) is 0. The molecule has 2 heterocycles. The number of hydrogen-bond donors (Lipinski definition) is 1. The second kappa shape index (κ2) is 7.26. The highest BCUT2D eigenvalue weighted by molar-refractivity contribution is 7.84. The SMILES string of the molecule is Cl.O=S(CC1CCCNC1)c1ccc(Cl)nn1. The fourth-order valence-electron chi connectivity index (χ4n) is 1.79. The van der Waals surface area contributed by atoms with Crippen LogP contribution in [0, 0.1) is 5.92 Å². The maximum atomic E-state index is 12.0. The van der Waals surface area contributed by atoms with Gasteiger partial charge < -0.3 is 5.32 Å². The third kappa shape index (κ3) is 4.50. The molecule has 0 aromatic carbocycles. The van der Waals surface area contributed by atoms with E-state index in [1.165, 1.54) is 0 Å². The van der Waals surface area contributed by atoms with E-state index in [0.29, 0.717) is 21.8 Å². The van der Waals surface area contributed by atoms with Crippen LogP contribution in [0.1, 0.15) is 12.8 Å². The molecule has 1 aromatic heterocycles. The van der Waals surface area contributed by atoms with Gasteiger partial charge in [0.15, 0.2) is 5.15 Å². The van der Waals surface area contributed by atoms with E-state index >= 15 is 0 Å². The number of nitrogens with one attached hydrogen (secondary N) is 1. The molecule has 0 amide bonds. The quantitative estimate of drug-likeness (QED) is 0.921. The molecule has 4 nitrogen and oxygen atoms in total. The molecule has 1 aromatic rings. The van der Waals surface area contributed by atoms with Gasteiger partial charge in [-0.2, -0.15) is 0 Å². The molecule has 2 unspecified atom stereocenters. The maximum Gasteiger partial charge on any atom is 0.151 e. The van der Waals surface area contributed by atoms with E-state index < -0.39 is 10.8 Å². The summed E-state index contributed by atoms with van der Waals surface area (Å²) in [5.74, 6) is 1.13. The Morgan fingerprint density at radius 1 is 1.47 bits per heavy atom. The van der Waals surface area contributed by atoms with Crippen LogP contribution in [-0.4, -0.2) is 33.2 Å². The van der Waals surface area contributed by atoms with E-state index in [4.69, 9.17) is 11.6 Å². The first kappa shape index (κ1) is 14.8. The van der Waals surface area contributed by atoms with Crippen molar-refractivity contribution in [2.45, 2.75) is 17.9 Å². The average molecular weight is 296 g/mol. The van der Waals surface area contributed by atoms with E-state index in [0.717, 1.165) is 25.9 Å². The second-order valence-electron chi connectivity index (χ2n) is 3.92. The van der Waals surface area contributed by atoms with Crippen molar-refractivity contribution < 1.29 is 4.21 Å². The fourth-order valence-corrected chi connectivity index (χ4v) is 3.13. The zero-order chi connectivity index (χ0) is 11.4. The number of nitrogens with zero attached hydrogens (tertiary/aromatic N) is 2. The van der Waals surface area contributed by atoms with Gasteiger partial charge in [-0.3, -0.25) is 4.21 Å². The Kier molecular flexibility index (Phi) is 6.33. The molecule has 1 saturated heterocycles. The normalized spacial score (nSPS) is 21.6. The highest BCUT2D eigenvalue weighted by atomic mass is 35.5. The molecular weight excluding hydrogens is 281 g/mol. The topological polar surface area (TPSA) is 54.9 Å². The van der Waals surface area contributed by atoms with Crippen LogP contribution >= 0.6 is 24.0 Å². The van der Waals surface area contributed by atoms with Gasteiger partial charge >= 0.3 is 0 Å². The van der Waals surface area contributed by atoms with E-state index in [1.54, 1.807) is 12.1 Å². The molecule has 1 fully saturated rings. The molecular formula is C10H15Cl2N3OS. The lowest BCUT2D eigenvalue weighted by Crippen LogP contribution is -2.32. The Morgan fingerprint density at radius 3 is 2.88 bits per heavy atom. The van der Waals surface area contributed by atoms with Gasteiger partial charge in [-0.15, -0.1) is 22.6 Å². The molecule has 2 rings (SSSR count). The third-order valence-corrected chi connectivity index (χ3v) is 4.29. The monoisotopic (exact) mass is 295 g/mol. The van der Waals surface area contributed by atoms with E-state index in [1.807, 2.05) is 0 Å². The van der Waals surface area contributed by atoms with E-state index in [9.17, 15) is 4.21 Å². The van der Waals surface area contributed by atoms with Gasteiger partial charge in [0.25, 0.3) is 0 Å². The summed E-state index contributed by atoms with van der Waals surface area (Å²) in [4.78, 5) is 0. The Balaban J connectivity index is 0.00000144. The number of halogens is 2. The minimum atomic E-state index is -1.06. The lowest BCUT2D eigenvalue weighted by Gasteiger charge is -2.21. The Hall–Kier alpha value is -0.230. The number of aromatic nitrogens is 2. The van der Waals surface area contributed by atoms with Gasteiger partial charge in [0.05, 0.1) is 10.8 Å². The van der Waals surface area contributed by atoms with Crippen molar-refractivity contribution >= 4 is 34.8 Å². The molecule has 0 saturated carbocycles. The van der Waals surface area contributed by atoms with Crippen molar-refractivity contribution in [3.63, 3.8) is 0 Å². The van der Waals surface area contributed by atoms with Crippen LogP contribution in [0.2, 0.25) is 5.15 Å². The summed E-state index contributed by atoms with van der Waals surface area (Å²) in [6.07, 6.45) is 2.30. The molecule has 0 radical (unpaired) electrons. The molecule has 0 aliphatic carbocycles. The van der Waals surface area contributed by atoms with Crippen molar-refractivity contribution in [3.05, 3.63) is 17.3 Å². The molecule has 1 aliphatic rings. The first-order valence-corrected chi connectivity index (χ1v) is 7.04. The van der Waals surface area contributed by atoms with Crippen LogP contribution in [-0.2, 0) is 10.8 Å². The van der Waals surface area contributed by atoms with Gasteiger partial charge in [-0.25, -0.2) is 0 Å².